The van der Waals surface area contributed by atoms with Gasteiger partial charge in [0.25, 0.3) is 0 Å². The molecular weight excluding hydrogens is 218 g/mol. The summed E-state index contributed by atoms with van der Waals surface area (Å²) < 4.78 is 11.6. The van der Waals surface area contributed by atoms with E-state index in [0.29, 0.717) is 5.69 Å². The second kappa shape index (κ2) is 4.74. The molecule has 4 nitrogen and oxygen atoms in total. The molecule has 0 saturated heterocycles. The minimum Gasteiger partial charge on any atom is -0.497 e. The zero-order valence-corrected chi connectivity index (χ0v) is 9.71. The zero-order valence-electron chi connectivity index (χ0n) is 9.71. The number of esters is 1. The van der Waals surface area contributed by atoms with Crippen molar-refractivity contribution in [1.82, 2.24) is 4.57 Å². The minimum absolute atomic E-state index is 0.363. The van der Waals surface area contributed by atoms with Gasteiger partial charge in [-0.2, -0.15) is 0 Å². The molecular formula is C13H13NO3. The standard InChI is InChI=1S/C13H13NO3/c1-16-11-6-3-5-10(9-11)14-8-4-7-12(14)13(15)17-2/h3-9H,1-2H3. The van der Waals surface area contributed by atoms with Crippen LogP contribution in [0, 0.1) is 0 Å². The predicted molar refractivity (Wildman–Crippen MR) is 63.7 cm³/mol. The van der Waals surface area contributed by atoms with Crippen LogP contribution in [0.4, 0.5) is 0 Å². The maximum Gasteiger partial charge on any atom is 0.355 e. The molecule has 0 atom stereocenters. The van der Waals surface area contributed by atoms with E-state index in [1.54, 1.807) is 30.0 Å². The molecule has 1 heterocycles. The highest BCUT2D eigenvalue weighted by Crippen LogP contribution is 2.18. The Hall–Kier alpha value is -2.23. The number of ether oxygens (including phenoxy) is 2. The molecule has 0 radical (unpaired) electrons. The van der Waals surface area contributed by atoms with E-state index in [9.17, 15) is 4.79 Å². The maximum absolute atomic E-state index is 11.5. The summed E-state index contributed by atoms with van der Waals surface area (Å²) in [6.45, 7) is 0. The molecule has 0 N–H and O–H groups in total. The Morgan fingerprint density at radius 1 is 1.18 bits per heavy atom. The lowest BCUT2D eigenvalue weighted by atomic mass is 10.3. The molecule has 4 heteroatoms. The molecule has 2 aromatic rings. The van der Waals surface area contributed by atoms with Crippen molar-refractivity contribution in [2.45, 2.75) is 0 Å². The van der Waals surface area contributed by atoms with E-state index in [-0.39, 0.29) is 5.97 Å². The first-order chi connectivity index (χ1) is 8.26. The molecule has 0 aliphatic carbocycles. The van der Waals surface area contributed by atoms with Gasteiger partial charge in [-0.1, -0.05) is 6.07 Å². The summed E-state index contributed by atoms with van der Waals surface area (Å²) in [6.07, 6.45) is 1.81. The molecule has 0 amide bonds. The fraction of sp³-hybridized carbons (Fsp3) is 0.154. The molecule has 1 aromatic carbocycles. The zero-order chi connectivity index (χ0) is 12.3. The third-order valence-electron chi connectivity index (χ3n) is 2.47. The quantitative estimate of drug-likeness (QED) is 0.761. The van der Waals surface area contributed by atoms with Crippen molar-refractivity contribution >= 4 is 5.97 Å². The number of carbonyl (C=O) groups is 1. The van der Waals surface area contributed by atoms with Crippen molar-refractivity contribution in [3.05, 3.63) is 48.3 Å². The average Bonchev–Trinajstić information content (AvgIpc) is 2.87. The van der Waals surface area contributed by atoms with Gasteiger partial charge < -0.3 is 14.0 Å². The van der Waals surface area contributed by atoms with Crippen LogP contribution in [0.1, 0.15) is 10.5 Å². The van der Waals surface area contributed by atoms with Crippen LogP contribution in [-0.4, -0.2) is 24.8 Å². The fourth-order valence-electron chi connectivity index (χ4n) is 1.64. The number of hydrogen-bond donors (Lipinski definition) is 0. The minimum atomic E-state index is -0.363. The Balaban J connectivity index is 2.45. The molecule has 0 spiro atoms. The first-order valence-corrected chi connectivity index (χ1v) is 5.16. The third-order valence-corrected chi connectivity index (χ3v) is 2.47. The van der Waals surface area contributed by atoms with Gasteiger partial charge in [-0.3, -0.25) is 0 Å². The van der Waals surface area contributed by atoms with Crippen molar-refractivity contribution in [2.75, 3.05) is 14.2 Å². The highest BCUT2D eigenvalue weighted by atomic mass is 16.5. The average molecular weight is 231 g/mol. The second-order valence-corrected chi connectivity index (χ2v) is 3.46. The Morgan fingerprint density at radius 2 is 2.00 bits per heavy atom. The lowest BCUT2D eigenvalue weighted by Gasteiger charge is -2.09. The molecule has 88 valence electrons. The lowest BCUT2D eigenvalue weighted by molar-refractivity contribution is 0.0591. The van der Waals surface area contributed by atoms with Crippen molar-refractivity contribution in [3.63, 3.8) is 0 Å². The number of carbonyl (C=O) groups excluding carboxylic acids is 1. The van der Waals surface area contributed by atoms with Crippen LogP contribution >= 0.6 is 0 Å². The maximum atomic E-state index is 11.5. The highest BCUT2D eigenvalue weighted by Gasteiger charge is 2.12. The SMILES string of the molecule is COC(=O)c1cccn1-c1cccc(OC)c1. The highest BCUT2D eigenvalue weighted by molar-refractivity contribution is 5.88. The predicted octanol–water partition coefficient (Wildman–Crippen LogP) is 2.27. The largest absolute Gasteiger partial charge is 0.497 e. The van der Waals surface area contributed by atoms with Gasteiger partial charge in [-0.15, -0.1) is 0 Å². The molecule has 0 aliphatic rings. The third kappa shape index (κ3) is 2.15. The number of nitrogens with zero attached hydrogens (tertiary/aromatic N) is 1. The molecule has 17 heavy (non-hydrogen) atoms. The van der Waals surface area contributed by atoms with E-state index in [1.165, 1.54) is 7.11 Å². The summed E-state index contributed by atoms with van der Waals surface area (Å²) in [5.41, 5.74) is 1.34. The normalized spacial score (nSPS) is 10.0. The Kier molecular flexibility index (Phi) is 3.14. The smallest absolute Gasteiger partial charge is 0.355 e. The molecule has 0 fully saturated rings. The number of methoxy groups -OCH3 is 2. The van der Waals surface area contributed by atoms with Gasteiger partial charge in [-0.25, -0.2) is 4.79 Å². The molecule has 0 bridgehead atoms. The first-order valence-electron chi connectivity index (χ1n) is 5.16. The van der Waals surface area contributed by atoms with Crippen LogP contribution in [0.2, 0.25) is 0 Å². The topological polar surface area (TPSA) is 40.5 Å². The van der Waals surface area contributed by atoms with E-state index in [1.807, 2.05) is 24.3 Å². The van der Waals surface area contributed by atoms with Gasteiger partial charge in [0.15, 0.2) is 0 Å². The van der Waals surface area contributed by atoms with Crippen LogP contribution in [0.25, 0.3) is 5.69 Å². The number of hydrogen-bond acceptors (Lipinski definition) is 3. The Morgan fingerprint density at radius 3 is 2.71 bits per heavy atom. The van der Waals surface area contributed by atoms with Gasteiger partial charge in [0.1, 0.15) is 11.4 Å². The van der Waals surface area contributed by atoms with Crippen molar-refractivity contribution in [2.24, 2.45) is 0 Å². The summed E-state index contributed by atoms with van der Waals surface area (Å²) in [7, 11) is 2.97. The monoisotopic (exact) mass is 231 g/mol. The van der Waals surface area contributed by atoms with Crippen LogP contribution in [0.3, 0.4) is 0 Å². The van der Waals surface area contributed by atoms with Gasteiger partial charge in [0.05, 0.1) is 14.2 Å². The lowest BCUT2D eigenvalue weighted by Crippen LogP contribution is -2.08. The van der Waals surface area contributed by atoms with E-state index in [2.05, 4.69) is 0 Å². The van der Waals surface area contributed by atoms with Gasteiger partial charge in [-0.05, 0) is 24.3 Å². The Bertz CT molecular complexity index is 531. The molecule has 0 saturated carbocycles. The van der Waals surface area contributed by atoms with Gasteiger partial charge in [0.2, 0.25) is 0 Å². The van der Waals surface area contributed by atoms with Crippen LogP contribution in [-0.2, 0) is 4.74 Å². The summed E-state index contributed by atoms with van der Waals surface area (Å²) >= 11 is 0. The van der Waals surface area contributed by atoms with E-state index < -0.39 is 0 Å². The van der Waals surface area contributed by atoms with E-state index >= 15 is 0 Å². The van der Waals surface area contributed by atoms with Gasteiger partial charge >= 0.3 is 5.97 Å². The fourth-order valence-corrected chi connectivity index (χ4v) is 1.64. The van der Waals surface area contributed by atoms with E-state index in [4.69, 9.17) is 9.47 Å². The first kappa shape index (κ1) is 11.3. The summed E-state index contributed by atoms with van der Waals surface area (Å²) in [4.78, 5) is 11.5. The van der Waals surface area contributed by atoms with E-state index in [0.717, 1.165) is 11.4 Å². The summed E-state index contributed by atoms with van der Waals surface area (Å²) in [5, 5.41) is 0. The van der Waals surface area contributed by atoms with Crippen molar-refractivity contribution in [3.8, 4) is 11.4 Å². The Labute approximate surface area is 99.4 Å². The number of rotatable bonds is 3. The number of aromatic nitrogens is 1. The van der Waals surface area contributed by atoms with Crippen LogP contribution < -0.4 is 4.74 Å². The molecule has 2 rings (SSSR count). The van der Waals surface area contributed by atoms with Gasteiger partial charge in [0, 0.05) is 18.0 Å². The molecule has 0 unspecified atom stereocenters. The summed E-state index contributed by atoms with van der Waals surface area (Å²) in [5.74, 6) is 0.379. The number of benzene rings is 1. The van der Waals surface area contributed by atoms with Crippen molar-refractivity contribution < 1.29 is 14.3 Å². The molecule has 1 aromatic heterocycles. The van der Waals surface area contributed by atoms with Crippen LogP contribution in [0.5, 0.6) is 5.75 Å². The summed E-state index contributed by atoms with van der Waals surface area (Å²) in [6, 6.07) is 11.0. The molecule has 0 aliphatic heterocycles. The second-order valence-electron chi connectivity index (χ2n) is 3.46. The van der Waals surface area contributed by atoms with Crippen molar-refractivity contribution in [1.29, 1.82) is 0 Å². The van der Waals surface area contributed by atoms with Crippen LogP contribution in [0.15, 0.2) is 42.6 Å².